The van der Waals surface area contributed by atoms with Crippen LogP contribution in [0.1, 0.15) is 19.9 Å². The molecule has 30 heavy (non-hydrogen) atoms. The van der Waals surface area contributed by atoms with Gasteiger partial charge in [-0.15, -0.1) is 0 Å². The minimum absolute atomic E-state index is 0.179. The molecule has 2 N–H and O–H groups in total. The molecule has 0 bridgehead atoms. The zero-order chi connectivity index (χ0) is 21.4. The molecule has 2 heterocycles. The number of nitrogens with zero attached hydrogens (tertiary/aromatic N) is 4. The summed E-state index contributed by atoms with van der Waals surface area (Å²) in [5.41, 5.74) is 3.54. The fraction of sp³-hybridized carbons (Fsp3) is 0.182. The molecule has 0 saturated heterocycles. The SMILES string of the molecule is COc1ccc(-c2cc3c(N(N)c4ccc(Cl)c(Cl)c4)ncnc3n2C(C)C)cc1. The Labute approximate surface area is 184 Å². The lowest BCUT2D eigenvalue weighted by Gasteiger charge is -2.19. The summed E-state index contributed by atoms with van der Waals surface area (Å²) < 4.78 is 7.46. The highest BCUT2D eigenvalue weighted by molar-refractivity contribution is 6.42. The second kappa shape index (κ2) is 8.14. The number of aromatic nitrogens is 3. The predicted octanol–water partition coefficient (Wildman–Crippen LogP) is 6.01. The van der Waals surface area contributed by atoms with Crippen LogP contribution >= 0.6 is 23.2 Å². The fourth-order valence-corrected chi connectivity index (χ4v) is 3.77. The highest BCUT2D eigenvalue weighted by Gasteiger charge is 2.20. The van der Waals surface area contributed by atoms with E-state index in [-0.39, 0.29) is 6.04 Å². The van der Waals surface area contributed by atoms with Gasteiger partial charge in [-0.25, -0.2) is 15.8 Å². The van der Waals surface area contributed by atoms with Gasteiger partial charge in [-0.2, -0.15) is 0 Å². The number of hydrogen-bond acceptors (Lipinski definition) is 5. The zero-order valence-corrected chi connectivity index (χ0v) is 18.3. The normalized spacial score (nSPS) is 11.3. The molecule has 0 atom stereocenters. The largest absolute Gasteiger partial charge is 0.497 e. The van der Waals surface area contributed by atoms with Crippen molar-refractivity contribution in [3.63, 3.8) is 0 Å². The van der Waals surface area contributed by atoms with Crippen molar-refractivity contribution in [1.29, 1.82) is 0 Å². The van der Waals surface area contributed by atoms with E-state index in [1.165, 1.54) is 11.3 Å². The number of anilines is 2. The van der Waals surface area contributed by atoms with Crippen LogP contribution in [0.3, 0.4) is 0 Å². The number of fused-ring (bicyclic) bond motifs is 1. The van der Waals surface area contributed by atoms with Crippen LogP contribution in [0.25, 0.3) is 22.3 Å². The van der Waals surface area contributed by atoms with Gasteiger partial charge in [0.2, 0.25) is 0 Å². The second-order valence-electron chi connectivity index (χ2n) is 7.12. The quantitative estimate of drug-likeness (QED) is 0.303. The Kier molecular flexibility index (Phi) is 5.56. The molecule has 0 unspecified atom stereocenters. The first kappa shape index (κ1) is 20.5. The summed E-state index contributed by atoms with van der Waals surface area (Å²) in [6.45, 7) is 4.24. The van der Waals surface area contributed by atoms with Gasteiger partial charge in [0.05, 0.1) is 33.9 Å². The van der Waals surface area contributed by atoms with Crippen LogP contribution < -0.4 is 15.6 Å². The van der Waals surface area contributed by atoms with Crippen LogP contribution in [0.4, 0.5) is 11.5 Å². The number of methoxy groups -OCH3 is 1. The molecule has 0 aliphatic heterocycles. The van der Waals surface area contributed by atoms with Gasteiger partial charge in [-0.05, 0) is 67.9 Å². The third kappa shape index (κ3) is 3.58. The van der Waals surface area contributed by atoms with Crippen molar-refractivity contribution in [2.75, 3.05) is 12.1 Å². The third-order valence-corrected chi connectivity index (χ3v) is 5.66. The molecule has 4 aromatic rings. The maximum absolute atomic E-state index is 6.43. The molecule has 0 fully saturated rings. The number of hydrazine groups is 1. The van der Waals surface area contributed by atoms with Crippen LogP contribution in [0.15, 0.2) is 54.9 Å². The number of ether oxygens (including phenoxy) is 1. The van der Waals surface area contributed by atoms with Crippen LogP contribution in [0.5, 0.6) is 5.75 Å². The first-order valence-electron chi connectivity index (χ1n) is 9.41. The molecule has 154 valence electrons. The summed E-state index contributed by atoms with van der Waals surface area (Å²) in [6.07, 6.45) is 1.52. The first-order chi connectivity index (χ1) is 14.4. The number of rotatable bonds is 5. The predicted molar refractivity (Wildman–Crippen MR) is 123 cm³/mol. The molecule has 0 amide bonds. The standard InChI is InChI=1S/C22H21Cl2N5O/c1-13(2)28-20(14-4-7-16(30-3)8-5-14)11-17-21(28)26-12-27-22(17)29(25)15-6-9-18(23)19(24)10-15/h4-13H,25H2,1-3H3. The summed E-state index contributed by atoms with van der Waals surface area (Å²) in [4.78, 5) is 9.00. The average molecular weight is 442 g/mol. The van der Waals surface area contributed by atoms with E-state index in [1.807, 2.05) is 24.3 Å². The molecule has 8 heteroatoms. The maximum Gasteiger partial charge on any atom is 0.160 e. The Morgan fingerprint density at radius 1 is 1.00 bits per heavy atom. The highest BCUT2D eigenvalue weighted by Crippen LogP contribution is 2.36. The van der Waals surface area contributed by atoms with Gasteiger partial charge >= 0.3 is 0 Å². The van der Waals surface area contributed by atoms with Gasteiger partial charge in [0.25, 0.3) is 0 Å². The van der Waals surface area contributed by atoms with Crippen molar-refractivity contribution in [2.45, 2.75) is 19.9 Å². The Balaban J connectivity index is 1.89. The second-order valence-corrected chi connectivity index (χ2v) is 7.94. The van der Waals surface area contributed by atoms with Crippen LogP contribution in [0.2, 0.25) is 10.0 Å². The van der Waals surface area contributed by atoms with Crippen LogP contribution in [-0.4, -0.2) is 21.6 Å². The third-order valence-electron chi connectivity index (χ3n) is 4.92. The molecule has 0 saturated carbocycles. The van der Waals surface area contributed by atoms with Gasteiger partial charge in [-0.1, -0.05) is 23.2 Å². The maximum atomic E-state index is 6.43. The summed E-state index contributed by atoms with van der Waals surface area (Å²) in [7, 11) is 1.65. The van der Waals surface area contributed by atoms with Crippen molar-refractivity contribution in [1.82, 2.24) is 14.5 Å². The molecular formula is C22H21Cl2N5O. The molecule has 4 rings (SSSR count). The summed E-state index contributed by atoms with van der Waals surface area (Å²) in [5.74, 6) is 7.81. The Morgan fingerprint density at radius 3 is 2.37 bits per heavy atom. The van der Waals surface area contributed by atoms with Crippen molar-refractivity contribution in [3.05, 3.63) is 64.9 Å². The Hall–Kier alpha value is -2.80. The van der Waals surface area contributed by atoms with Gasteiger partial charge in [-0.3, -0.25) is 5.01 Å². The van der Waals surface area contributed by atoms with E-state index >= 15 is 0 Å². The van der Waals surface area contributed by atoms with Gasteiger partial charge in [0.15, 0.2) is 5.82 Å². The van der Waals surface area contributed by atoms with E-state index in [0.717, 1.165) is 28.0 Å². The summed E-state index contributed by atoms with van der Waals surface area (Å²) >= 11 is 12.2. The molecule has 6 nitrogen and oxygen atoms in total. The number of benzene rings is 2. The zero-order valence-electron chi connectivity index (χ0n) is 16.8. The molecule has 2 aromatic carbocycles. The minimum atomic E-state index is 0.179. The highest BCUT2D eigenvalue weighted by atomic mass is 35.5. The average Bonchev–Trinajstić information content (AvgIpc) is 3.15. The fourth-order valence-electron chi connectivity index (χ4n) is 3.47. The number of halogens is 2. The van der Waals surface area contributed by atoms with Crippen molar-refractivity contribution in [3.8, 4) is 17.0 Å². The molecule has 0 aliphatic carbocycles. The van der Waals surface area contributed by atoms with Gasteiger partial charge < -0.3 is 9.30 Å². The van der Waals surface area contributed by atoms with E-state index in [4.69, 9.17) is 33.8 Å². The molecule has 0 spiro atoms. The lowest BCUT2D eigenvalue weighted by molar-refractivity contribution is 0.415. The van der Waals surface area contributed by atoms with Crippen molar-refractivity contribution < 1.29 is 4.74 Å². The number of nitrogens with two attached hydrogens (primary N) is 1. The van der Waals surface area contributed by atoms with Crippen LogP contribution in [0, 0.1) is 0 Å². The molecule has 0 radical (unpaired) electrons. The van der Waals surface area contributed by atoms with E-state index in [1.54, 1.807) is 25.3 Å². The van der Waals surface area contributed by atoms with E-state index in [0.29, 0.717) is 21.6 Å². The van der Waals surface area contributed by atoms with Gasteiger partial charge in [0, 0.05) is 6.04 Å². The lowest BCUT2D eigenvalue weighted by atomic mass is 10.1. The molecular weight excluding hydrogens is 421 g/mol. The van der Waals surface area contributed by atoms with E-state index in [2.05, 4.69) is 34.4 Å². The molecule has 2 aromatic heterocycles. The lowest BCUT2D eigenvalue weighted by Crippen LogP contribution is -2.26. The smallest absolute Gasteiger partial charge is 0.160 e. The van der Waals surface area contributed by atoms with Crippen molar-refractivity contribution in [2.24, 2.45) is 5.84 Å². The first-order valence-corrected chi connectivity index (χ1v) is 10.2. The van der Waals surface area contributed by atoms with E-state index < -0.39 is 0 Å². The monoisotopic (exact) mass is 441 g/mol. The molecule has 0 aliphatic rings. The van der Waals surface area contributed by atoms with Crippen molar-refractivity contribution >= 4 is 45.7 Å². The Morgan fingerprint density at radius 2 is 1.73 bits per heavy atom. The summed E-state index contributed by atoms with van der Waals surface area (Å²) in [5, 5.41) is 3.22. The van der Waals surface area contributed by atoms with Gasteiger partial charge in [0.1, 0.15) is 17.7 Å². The summed E-state index contributed by atoms with van der Waals surface area (Å²) in [6, 6.07) is 15.4. The van der Waals surface area contributed by atoms with E-state index in [9.17, 15) is 0 Å². The van der Waals surface area contributed by atoms with Crippen LogP contribution in [-0.2, 0) is 0 Å². The Bertz CT molecular complexity index is 1200. The number of hydrogen-bond donors (Lipinski definition) is 1. The minimum Gasteiger partial charge on any atom is -0.497 e. The topological polar surface area (TPSA) is 69.2 Å².